The molecule has 6 heteroatoms. The smallest absolute Gasteiger partial charge is 0.318 e. The van der Waals surface area contributed by atoms with Crippen LogP contribution in [0.1, 0.15) is 31.4 Å². The molecule has 1 N–H and O–H groups in total. The number of hydrogen-bond acceptors (Lipinski definition) is 4. The van der Waals surface area contributed by atoms with Gasteiger partial charge in [-0.15, -0.1) is 0 Å². The number of rotatable bonds is 7. The second kappa shape index (κ2) is 9.45. The molecule has 0 aliphatic carbocycles. The lowest BCUT2D eigenvalue weighted by atomic mass is 10.0. The third kappa shape index (κ3) is 5.73. The van der Waals surface area contributed by atoms with Crippen LogP contribution in [0.15, 0.2) is 59.8 Å². The average Bonchev–Trinajstić information content (AvgIpc) is 3.16. The first kappa shape index (κ1) is 20.7. The molecule has 0 fully saturated rings. The van der Waals surface area contributed by atoms with Crippen LogP contribution in [0.3, 0.4) is 0 Å². The van der Waals surface area contributed by atoms with E-state index in [9.17, 15) is 4.79 Å². The first-order valence-corrected chi connectivity index (χ1v) is 10.0. The fourth-order valence-electron chi connectivity index (χ4n) is 3.26. The van der Waals surface area contributed by atoms with Gasteiger partial charge in [-0.05, 0) is 37.1 Å². The highest BCUT2D eigenvalue weighted by Crippen LogP contribution is 2.21. The van der Waals surface area contributed by atoms with Crippen LogP contribution >= 0.6 is 0 Å². The third-order valence-corrected chi connectivity index (χ3v) is 4.79. The maximum atomic E-state index is 12.7. The van der Waals surface area contributed by atoms with E-state index in [0.29, 0.717) is 19.5 Å². The number of urea groups is 1. The van der Waals surface area contributed by atoms with Gasteiger partial charge in [-0.25, -0.2) is 4.79 Å². The van der Waals surface area contributed by atoms with Crippen LogP contribution in [0.2, 0.25) is 0 Å². The summed E-state index contributed by atoms with van der Waals surface area (Å²) in [6, 6.07) is 18.3. The highest BCUT2D eigenvalue weighted by molar-refractivity contribution is 6.01. The van der Waals surface area contributed by atoms with E-state index < -0.39 is 0 Å². The predicted molar refractivity (Wildman–Crippen MR) is 117 cm³/mol. The van der Waals surface area contributed by atoms with Gasteiger partial charge in [0.2, 0.25) is 0 Å². The lowest BCUT2D eigenvalue weighted by Crippen LogP contribution is -2.45. The number of oxime groups is 1. The number of carbonyl (C=O) groups excluding carboxylic acids is 1. The second-order valence-electron chi connectivity index (χ2n) is 7.88. The minimum atomic E-state index is -0.153. The van der Waals surface area contributed by atoms with E-state index in [1.807, 2.05) is 58.3 Å². The number of carbonyl (C=O) groups is 1. The summed E-state index contributed by atoms with van der Waals surface area (Å²) in [5, 5.41) is 7.27. The Morgan fingerprint density at radius 1 is 1.14 bits per heavy atom. The van der Waals surface area contributed by atoms with Crippen LogP contribution in [-0.2, 0) is 11.4 Å². The van der Waals surface area contributed by atoms with Crippen molar-refractivity contribution in [1.82, 2.24) is 10.2 Å². The molecule has 2 amide bonds. The minimum absolute atomic E-state index is 0.0762. The Balaban J connectivity index is 1.64. The van der Waals surface area contributed by atoms with Crippen molar-refractivity contribution >= 4 is 17.4 Å². The number of amides is 2. The van der Waals surface area contributed by atoms with Crippen LogP contribution in [-0.4, -0.2) is 49.4 Å². The summed E-state index contributed by atoms with van der Waals surface area (Å²) in [6.45, 7) is 4.94. The summed E-state index contributed by atoms with van der Waals surface area (Å²) >= 11 is 0. The van der Waals surface area contributed by atoms with Gasteiger partial charge in [0.1, 0.15) is 0 Å². The Hall–Kier alpha value is -3.02. The van der Waals surface area contributed by atoms with Crippen LogP contribution in [0.25, 0.3) is 0 Å². The molecule has 1 heterocycles. The van der Waals surface area contributed by atoms with Crippen LogP contribution < -0.4 is 10.2 Å². The van der Waals surface area contributed by atoms with Gasteiger partial charge >= 0.3 is 6.03 Å². The Labute approximate surface area is 173 Å². The summed E-state index contributed by atoms with van der Waals surface area (Å²) in [5.41, 5.74) is 4.21. The number of benzene rings is 2. The van der Waals surface area contributed by atoms with Crippen molar-refractivity contribution in [2.24, 2.45) is 5.16 Å². The van der Waals surface area contributed by atoms with E-state index >= 15 is 0 Å². The Kier molecular flexibility index (Phi) is 6.75. The van der Waals surface area contributed by atoms with E-state index in [1.54, 1.807) is 4.90 Å². The van der Waals surface area contributed by atoms with E-state index in [-0.39, 0.29) is 18.2 Å². The maximum absolute atomic E-state index is 12.7. The lowest BCUT2D eigenvalue weighted by molar-refractivity contribution is 0.0586. The number of nitrogens with zero attached hydrogens (tertiary/aromatic N) is 3. The molecule has 154 valence electrons. The second-order valence-corrected chi connectivity index (χ2v) is 7.88. The van der Waals surface area contributed by atoms with Crippen LogP contribution in [0.4, 0.5) is 10.5 Å². The monoisotopic (exact) mass is 394 g/mol. The van der Waals surface area contributed by atoms with Gasteiger partial charge in [0, 0.05) is 38.8 Å². The van der Waals surface area contributed by atoms with Crippen molar-refractivity contribution in [2.75, 3.05) is 25.5 Å². The van der Waals surface area contributed by atoms with Crippen molar-refractivity contribution in [3.63, 3.8) is 0 Å². The maximum Gasteiger partial charge on any atom is 0.318 e. The van der Waals surface area contributed by atoms with Gasteiger partial charge in [0.25, 0.3) is 0 Å². The molecule has 0 unspecified atom stereocenters. The third-order valence-electron chi connectivity index (χ3n) is 4.79. The van der Waals surface area contributed by atoms with Gasteiger partial charge in [0.15, 0.2) is 6.10 Å². The molecule has 29 heavy (non-hydrogen) atoms. The summed E-state index contributed by atoms with van der Waals surface area (Å²) in [6.07, 6.45) is 0.529. The van der Waals surface area contributed by atoms with Gasteiger partial charge in [-0.2, -0.15) is 0 Å². The number of hydrogen-bond donors (Lipinski definition) is 1. The molecule has 0 spiro atoms. The Morgan fingerprint density at radius 2 is 1.83 bits per heavy atom. The van der Waals surface area contributed by atoms with Crippen molar-refractivity contribution < 1.29 is 9.63 Å². The molecular formula is C23H30N4O2. The summed E-state index contributed by atoms with van der Waals surface area (Å²) < 4.78 is 0. The molecule has 1 aliphatic heterocycles. The van der Waals surface area contributed by atoms with E-state index in [1.165, 1.54) is 0 Å². The molecule has 1 aliphatic rings. The van der Waals surface area contributed by atoms with Gasteiger partial charge < -0.3 is 20.0 Å². The highest BCUT2D eigenvalue weighted by atomic mass is 16.6. The fourth-order valence-corrected chi connectivity index (χ4v) is 3.26. The minimum Gasteiger partial charge on any atom is -0.390 e. The molecule has 2 aromatic rings. The molecule has 0 saturated carbocycles. The lowest BCUT2D eigenvalue weighted by Gasteiger charge is -2.26. The SMILES string of the molecule is CC(C)NC(=O)N(Cc1ccccc1)C[C@H]1CC(c2ccc(N(C)C)cc2)=NO1. The first-order chi connectivity index (χ1) is 13.9. The van der Waals surface area contributed by atoms with Crippen LogP contribution in [0.5, 0.6) is 0 Å². The first-order valence-electron chi connectivity index (χ1n) is 10.0. The predicted octanol–water partition coefficient (Wildman–Crippen LogP) is 3.87. The standard InChI is InChI=1S/C23H30N4O2/c1-17(2)24-23(28)27(15-18-8-6-5-7-9-18)16-21-14-22(25-29-21)19-10-12-20(13-11-19)26(3)4/h5-13,17,21H,14-16H2,1-4H3,(H,24,28)/t21-/m1/s1. The summed E-state index contributed by atoms with van der Waals surface area (Å²) in [5.74, 6) is 0. The molecule has 6 nitrogen and oxygen atoms in total. The van der Waals surface area contributed by atoms with Crippen molar-refractivity contribution in [3.8, 4) is 0 Å². The molecule has 3 rings (SSSR count). The summed E-state index contributed by atoms with van der Waals surface area (Å²) in [7, 11) is 4.04. The molecular weight excluding hydrogens is 364 g/mol. The molecule has 1 atom stereocenters. The average molecular weight is 395 g/mol. The largest absolute Gasteiger partial charge is 0.390 e. The zero-order chi connectivity index (χ0) is 20.8. The zero-order valence-corrected chi connectivity index (χ0v) is 17.6. The number of anilines is 1. The quantitative estimate of drug-likeness (QED) is 0.776. The molecule has 0 aromatic heterocycles. The van der Waals surface area contributed by atoms with Crippen LogP contribution in [0, 0.1) is 0 Å². The van der Waals surface area contributed by atoms with Gasteiger partial charge in [-0.3, -0.25) is 0 Å². The highest BCUT2D eigenvalue weighted by Gasteiger charge is 2.27. The van der Waals surface area contributed by atoms with Gasteiger partial charge in [0.05, 0.1) is 12.3 Å². The Bertz CT molecular complexity index is 832. The summed E-state index contributed by atoms with van der Waals surface area (Å²) in [4.78, 5) is 22.3. The Morgan fingerprint density at radius 3 is 2.45 bits per heavy atom. The number of nitrogens with one attached hydrogen (secondary N) is 1. The van der Waals surface area contributed by atoms with Crippen molar-refractivity contribution in [1.29, 1.82) is 0 Å². The van der Waals surface area contributed by atoms with E-state index in [4.69, 9.17) is 4.84 Å². The fraction of sp³-hybridized carbons (Fsp3) is 0.391. The zero-order valence-electron chi connectivity index (χ0n) is 17.6. The molecule has 0 bridgehead atoms. The van der Waals surface area contributed by atoms with Gasteiger partial charge in [-0.1, -0.05) is 47.6 Å². The molecule has 0 radical (unpaired) electrons. The molecule has 2 aromatic carbocycles. The van der Waals surface area contributed by atoms with Crippen molar-refractivity contribution in [3.05, 3.63) is 65.7 Å². The van der Waals surface area contributed by atoms with E-state index in [2.05, 4.69) is 39.6 Å². The topological polar surface area (TPSA) is 57.2 Å². The van der Waals surface area contributed by atoms with E-state index in [0.717, 1.165) is 22.5 Å². The normalized spacial score (nSPS) is 15.6. The molecule has 0 saturated heterocycles. The van der Waals surface area contributed by atoms with Crippen molar-refractivity contribution in [2.45, 2.75) is 39.0 Å².